The number of nitrogens with one attached hydrogen (secondary N) is 1. The number of benzene rings is 1. The van der Waals surface area contributed by atoms with Crippen molar-refractivity contribution in [3.05, 3.63) is 54.1 Å². The Morgan fingerprint density at radius 1 is 1.27 bits per heavy atom. The Morgan fingerprint density at radius 2 is 2.07 bits per heavy atom. The number of aliphatic hydroxyl groups is 1. The van der Waals surface area contributed by atoms with Gasteiger partial charge in [0.2, 0.25) is 6.33 Å². The minimum absolute atomic E-state index is 0.751. The quantitative estimate of drug-likeness (QED) is 0.662. The molecular weight excluding hydrogens is 188 g/mol. The monoisotopic (exact) mass is 201 g/mol. The molecule has 0 fully saturated rings. The minimum atomic E-state index is -0.818. The molecule has 1 unspecified atom stereocenters. The van der Waals surface area contributed by atoms with Crippen molar-refractivity contribution in [2.45, 2.75) is 18.6 Å². The molecular formula is C12H13N2O+. The maximum Gasteiger partial charge on any atom is 0.241 e. The van der Waals surface area contributed by atoms with E-state index in [1.54, 1.807) is 0 Å². The minimum Gasteiger partial charge on any atom is -0.376 e. The predicted octanol–water partition coefficient (Wildman–Crippen LogP) is 0.942. The second kappa shape index (κ2) is 2.94. The molecule has 0 spiro atoms. The fraction of sp³-hybridized carbons (Fsp3) is 0.250. The van der Waals surface area contributed by atoms with E-state index in [0.717, 1.165) is 24.2 Å². The molecule has 1 aromatic carbocycles. The number of aromatic amines is 1. The van der Waals surface area contributed by atoms with Crippen LogP contribution in [0.15, 0.2) is 42.9 Å². The average molecular weight is 201 g/mol. The molecule has 3 nitrogen and oxygen atoms in total. The van der Waals surface area contributed by atoms with Crippen LogP contribution in [0.25, 0.3) is 0 Å². The highest BCUT2D eigenvalue weighted by Crippen LogP contribution is 2.34. The Morgan fingerprint density at radius 3 is 2.87 bits per heavy atom. The van der Waals surface area contributed by atoms with Gasteiger partial charge >= 0.3 is 0 Å². The molecule has 0 amide bonds. The number of hydrogen-bond acceptors (Lipinski definition) is 1. The van der Waals surface area contributed by atoms with E-state index < -0.39 is 5.60 Å². The van der Waals surface area contributed by atoms with Crippen molar-refractivity contribution in [3.63, 3.8) is 0 Å². The Kier molecular flexibility index (Phi) is 1.70. The number of aryl methyl sites for hydroxylation is 1. The van der Waals surface area contributed by atoms with Crippen molar-refractivity contribution >= 4 is 0 Å². The maximum atomic E-state index is 10.7. The first kappa shape index (κ1) is 8.68. The van der Waals surface area contributed by atoms with Gasteiger partial charge in [-0.1, -0.05) is 30.3 Å². The van der Waals surface area contributed by atoms with Crippen LogP contribution in [-0.4, -0.2) is 10.1 Å². The summed E-state index contributed by atoms with van der Waals surface area (Å²) in [5.74, 6) is 0. The standard InChI is InChI=1S/C12H12N2O/c15-12(10-4-2-1-3-5-10)6-7-14-9-13-8-11(12)14/h1-5,8-9,15H,6-7H2/p+1. The number of H-pyrrole nitrogens is 1. The second-order valence-corrected chi connectivity index (χ2v) is 4.00. The van der Waals surface area contributed by atoms with Gasteiger partial charge in [-0.2, -0.15) is 0 Å². The largest absolute Gasteiger partial charge is 0.376 e. The first-order valence-corrected chi connectivity index (χ1v) is 5.15. The topological polar surface area (TPSA) is 39.9 Å². The molecule has 2 heterocycles. The fourth-order valence-electron chi connectivity index (χ4n) is 2.32. The van der Waals surface area contributed by atoms with Gasteiger partial charge in [-0.15, -0.1) is 0 Å². The SMILES string of the molecule is OC1(c2ccccc2)CC[n+]2c[nH]cc21. The Labute approximate surface area is 88.0 Å². The summed E-state index contributed by atoms with van der Waals surface area (Å²) in [4.78, 5) is 3.03. The molecule has 0 aliphatic carbocycles. The number of aromatic nitrogens is 2. The van der Waals surface area contributed by atoms with E-state index in [9.17, 15) is 5.11 Å². The summed E-state index contributed by atoms with van der Waals surface area (Å²) >= 11 is 0. The zero-order valence-corrected chi connectivity index (χ0v) is 8.35. The van der Waals surface area contributed by atoms with Crippen molar-refractivity contribution in [1.82, 2.24) is 4.98 Å². The first-order chi connectivity index (χ1) is 7.31. The van der Waals surface area contributed by atoms with Crippen LogP contribution in [0, 0.1) is 0 Å². The Hall–Kier alpha value is -1.61. The normalized spacial score (nSPS) is 24.1. The van der Waals surface area contributed by atoms with Crippen molar-refractivity contribution in [3.8, 4) is 0 Å². The number of hydrogen-bond donors (Lipinski definition) is 2. The lowest BCUT2D eigenvalue weighted by Gasteiger charge is -2.19. The van der Waals surface area contributed by atoms with Crippen molar-refractivity contribution < 1.29 is 9.67 Å². The van der Waals surface area contributed by atoms with E-state index in [1.165, 1.54) is 0 Å². The molecule has 3 heteroatoms. The van der Waals surface area contributed by atoms with Crippen LogP contribution in [-0.2, 0) is 12.1 Å². The van der Waals surface area contributed by atoms with Gasteiger partial charge < -0.3 is 5.11 Å². The van der Waals surface area contributed by atoms with Gasteiger partial charge in [0.1, 0.15) is 6.20 Å². The van der Waals surface area contributed by atoms with Gasteiger partial charge in [0.05, 0.1) is 6.54 Å². The molecule has 15 heavy (non-hydrogen) atoms. The van der Waals surface area contributed by atoms with E-state index in [0.29, 0.717) is 0 Å². The van der Waals surface area contributed by atoms with Gasteiger partial charge in [0.25, 0.3) is 0 Å². The summed E-state index contributed by atoms with van der Waals surface area (Å²) in [6.45, 7) is 0.865. The van der Waals surface area contributed by atoms with Gasteiger partial charge in [-0.25, -0.2) is 9.55 Å². The van der Waals surface area contributed by atoms with Gasteiger partial charge in [0, 0.05) is 6.42 Å². The molecule has 2 N–H and O–H groups in total. The average Bonchev–Trinajstić information content (AvgIpc) is 2.85. The first-order valence-electron chi connectivity index (χ1n) is 5.15. The van der Waals surface area contributed by atoms with Gasteiger partial charge in [-0.05, 0) is 5.56 Å². The highest BCUT2D eigenvalue weighted by atomic mass is 16.3. The van der Waals surface area contributed by atoms with E-state index >= 15 is 0 Å². The molecule has 1 aliphatic rings. The van der Waals surface area contributed by atoms with Gasteiger partial charge in [-0.3, -0.25) is 0 Å². The number of fused-ring (bicyclic) bond motifs is 1. The summed E-state index contributed by atoms with van der Waals surface area (Å²) in [7, 11) is 0. The van der Waals surface area contributed by atoms with E-state index in [-0.39, 0.29) is 0 Å². The van der Waals surface area contributed by atoms with Crippen LogP contribution in [0.4, 0.5) is 0 Å². The molecule has 3 rings (SSSR count). The summed E-state index contributed by atoms with van der Waals surface area (Å²) in [5.41, 5.74) is 1.10. The van der Waals surface area contributed by atoms with Crippen LogP contribution >= 0.6 is 0 Å². The highest BCUT2D eigenvalue weighted by molar-refractivity contribution is 5.30. The summed E-state index contributed by atoms with van der Waals surface area (Å²) in [5, 5.41) is 10.7. The third-order valence-corrected chi connectivity index (χ3v) is 3.15. The molecule has 76 valence electrons. The van der Waals surface area contributed by atoms with E-state index in [2.05, 4.69) is 9.55 Å². The van der Waals surface area contributed by atoms with E-state index in [1.807, 2.05) is 42.9 Å². The summed E-state index contributed by atoms with van der Waals surface area (Å²) < 4.78 is 2.06. The molecule has 0 radical (unpaired) electrons. The van der Waals surface area contributed by atoms with Crippen LogP contribution in [0.5, 0.6) is 0 Å². The molecule has 2 aromatic rings. The number of rotatable bonds is 1. The van der Waals surface area contributed by atoms with Gasteiger partial charge in [0.15, 0.2) is 11.3 Å². The number of imidazole rings is 1. The molecule has 0 saturated carbocycles. The lowest BCUT2D eigenvalue weighted by Crippen LogP contribution is -2.33. The van der Waals surface area contributed by atoms with Crippen LogP contribution in [0.2, 0.25) is 0 Å². The van der Waals surface area contributed by atoms with Crippen LogP contribution in [0.3, 0.4) is 0 Å². The number of nitrogens with zero attached hydrogens (tertiary/aromatic N) is 1. The summed E-state index contributed by atoms with van der Waals surface area (Å²) in [6.07, 6.45) is 4.53. The summed E-state index contributed by atoms with van der Waals surface area (Å²) in [6, 6.07) is 9.84. The second-order valence-electron chi connectivity index (χ2n) is 4.00. The fourth-order valence-corrected chi connectivity index (χ4v) is 2.32. The lowest BCUT2D eigenvalue weighted by molar-refractivity contribution is -0.690. The lowest BCUT2D eigenvalue weighted by atomic mass is 9.90. The molecule has 0 bridgehead atoms. The molecule has 1 aromatic heterocycles. The Balaban J connectivity index is 2.14. The molecule has 1 atom stereocenters. The van der Waals surface area contributed by atoms with Crippen molar-refractivity contribution in [2.24, 2.45) is 0 Å². The van der Waals surface area contributed by atoms with Crippen LogP contribution < -0.4 is 4.57 Å². The van der Waals surface area contributed by atoms with Crippen molar-refractivity contribution in [1.29, 1.82) is 0 Å². The van der Waals surface area contributed by atoms with E-state index in [4.69, 9.17) is 0 Å². The molecule has 0 saturated heterocycles. The smallest absolute Gasteiger partial charge is 0.241 e. The maximum absolute atomic E-state index is 10.7. The third kappa shape index (κ3) is 1.13. The van der Waals surface area contributed by atoms with Crippen molar-refractivity contribution in [2.75, 3.05) is 0 Å². The highest BCUT2D eigenvalue weighted by Gasteiger charge is 2.43. The third-order valence-electron chi connectivity index (χ3n) is 3.15. The van der Waals surface area contributed by atoms with Crippen LogP contribution in [0.1, 0.15) is 17.7 Å². The zero-order chi connectivity index (χ0) is 10.3. The Bertz CT molecular complexity index is 477. The zero-order valence-electron chi connectivity index (χ0n) is 8.35. The molecule has 1 aliphatic heterocycles. The predicted molar refractivity (Wildman–Crippen MR) is 55.0 cm³/mol.